The molecule has 0 fully saturated rings. The third-order valence-corrected chi connectivity index (χ3v) is 5.04. The fourth-order valence-corrected chi connectivity index (χ4v) is 3.44. The van der Waals surface area contributed by atoms with Crippen LogP contribution in [0.25, 0.3) is 0 Å². The summed E-state index contributed by atoms with van der Waals surface area (Å²) in [5, 5.41) is 12.3. The van der Waals surface area contributed by atoms with Crippen LogP contribution >= 0.6 is 0 Å². The van der Waals surface area contributed by atoms with E-state index in [0.717, 1.165) is 24.1 Å². The van der Waals surface area contributed by atoms with E-state index >= 15 is 0 Å². The van der Waals surface area contributed by atoms with Gasteiger partial charge in [0.2, 0.25) is 5.76 Å². The Morgan fingerprint density at radius 3 is 2.62 bits per heavy atom. The Balaban J connectivity index is 1.59. The summed E-state index contributed by atoms with van der Waals surface area (Å²) in [6.45, 7) is 0.472. The van der Waals surface area contributed by atoms with E-state index in [1.54, 1.807) is 38.5 Å². The van der Waals surface area contributed by atoms with Crippen LogP contribution < -0.4 is 14.8 Å². The zero-order valence-corrected chi connectivity index (χ0v) is 17.7. The molecule has 2 aromatic carbocycles. The first-order chi connectivity index (χ1) is 15.6. The molecular formula is C23H22N4O5. The highest BCUT2D eigenvalue weighted by atomic mass is 16.5. The van der Waals surface area contributed by atoms with Crippen LogP contribution in [-0.2, 0) is 0 Å². The Morgan fingerprint density at radius 2 is 1.88 bits per heavy atom. The highest BCUT2D eigenvalue weighted by Crippen LogP contribution is 2.29. The lowest BCUT2D eigenvalue weighted by atomic mass is 10.0. The lowest BCUT2D eigenvalue weighted by molar-refractivity contribution is 0.0752. The van der Waals surface area contributed by atoms with E-state index < -0.39 is 5.91 Å². The molecule has 0 aliphatic carbocycles. The maximum atomic E-state index is 13.3. The monoisotopic (exact) mass is 434 g/mol. The third kappa shape index (κ3) is 4.31. The SMILES string of the molecule is COc1ccc(C2=NN(C(=O)c3ccccc3NC(=O)c3ccno3)CCC2)cc1OC. The molecule has 3 aromatic rings. The van der Waals surface area contributed by atoms with Gasteiger partial charge < -0.3 is 19.3 Å². The fraction of sp³-hybridized carbons (Fsp3) is 0.217. The van der Waals surface area contributed by atoms with Gasteiger partial charge >= 0.3 is 0 Å². The summed E-state index contributed by atoms with van der Waals surface area (Å²) in [6, 6.07) is 13.8. The summed E-state index contributed by atoms with van der Waals surface area (Å²) in [4.78, 5) is 25.6. The molecule has 0 saturated heterocycles. The van der Waals surface area contributed by atoms with E-state index in [1.807, 2.05) is 18.2 Å². The average Bonchev–Trinajstić information content (AvgIpc) is 3.39. The van der Waals surface area contributed by atoms with Gasteiger partial charge in [-0.15, -0.1) is 0 Å². The molecular weight excluding hydrogens is 412 g/mol. The second-order valence-electron chi connectivity index (χ2n) is 7.02. The lowest BCUT2D eigenvalue weighted by Crippen LogP contribution is -2.33. The summed E-state index contributed by atoms with van der Waals surface area (Å²) in [5.41, 5.74) is 2.32. The lowest BCUT2D eigenvalue weighted by Gasteiger charge is -2.25. The molecule has 0 spiro atoms. The number of nitrogens with zero attached hydrogens (tertiary/aromatic N) is 3. The van der Waals surface area contributed by atoms with Crippen molar-refractivity contribution < 1.29 is 23.6 Å². The molecule has 164 valence electrons. The highest BCUT2D eigenvalue weighted by molar-refractivity contribution is 6.08. The van der Waals surface area contributed by atoms with Gasteiger partial charge in [0, 0.05) is 18.2 Å². The molecule has 1 aliphatic rings. The summed E-state index contributed by atoms with van der Waals surface area (Å²) < 4.78 is 15.6. The van der Waals surface area contributed by atoms with E-state index in [2.05, 4.69) is 15.6 Å². The zero-order chi connectivity index (χ0) is 22.5. The highest BCUT2D eigenvalue weighted by Gasteiger charge is 2.24. The van der Waals surface area contributed by atoms with Gasteiger partial charge in [-0.25, -0.2) is 5.01 Å². The minimum Gasteiger partial charge on any atom is -0.493 e. The van der Waals surface area contributed by atoms with Crippen molar-refractivity contribution in [3.63, 3.8) is 0 Å². The van der Waals surface area contributed by atoms with Crippen molar-refractivity contribution in [1.29, 1.82) is 0 Å². The molecule has 0 saturated carbocycles. The second-order valence-corrected chi connectivity index (χ2v) is 7.02. The van der Waals surface area contributed by atoms with Gasteiger partial charge in [0.15, 0.2) is 11.5 Å². The number of anilines is 1. The Hall–Kier alpha value is -4.14. The number of nitrogens with one attached hydrogen (secondary N) is 1. The number of carbonyl (C=O) groups excluding carboxylic acids is 2. The van der Waals surface area contributed by atoms with Gasteiger partial charge in [-0.3, -0.25) is 9.59 Å². The van der Waals surface area contributed by atoms with Crippen LogP contribution in [0.4, 0.5) is 5.69 Å². The Morgan fingerprint density at radius 1 is 1.06 bits per heavy atom. The number of hydrogen-bond donors (Lipinski definition) is 1. The molecule has 9 heteroatoms. The number of hydrogen-bond acceptors (Lipinski definition) is 7. The van der Waals surface area contributed by atoms with Crippen LogP contribution in [0.5, 0.6) is 11.5 Å². The van der Waals surface area contributed by atoms with Gasteiger partial charge in [-0.05, 0) is 43.2 Å². The summed E-state index contributed by atoms with van der Waals surface area (Å²) in [6.07, 6.45) is 2.86. The van der Waals surface area contributed by atoms with Gasteiger partial charge in [0.05, 0.1) is 37.4 Å². The number of hydrazone groups is 1. The second kappa shape index (κ2) is 9.34. The quantitative estimate of drug-likeness (QED) is 0.636. The predicted octanol–water partition coefficient (Wildman–Crippen LogP) is 3.58. The minimum absolute atomic E-state index is 0.0546. The predicted molar refractivity (Wildman–Crippen MR) is 117 cm³/mol. The number of para-hydroxylation sites is 1. The summed E-state index contributed by atoms with van der Waals surface area (Å²) in [5.74, 6) is 0.472. The normalized spacial score (nSPS) is 13.3. The van der Waals surface area contributed by atoms with Crippen LogP contribution in [-0.4, -0.2) is 48.5 Å². The molecule has 0 unspecified atom stereocenters. The maximum absolute atomic E-state index is 13.3. The molecule has 9 nitrogen and oxygen atoms in total. The molecule has 0 radical (unpaired) electrons. The van der Waals surface area contributed by atoms with Gasteiger partial charge in [0.25, 0.3) is 11.8 Å². The number of rotatable bonds is 6. The van der Waals surface area contributed by atoms with Crippen LogP contribution in [0.3, 0.4) is 0 Å². The van der Waals surface area contributed by atoms with Crippen molar-refractivity contribution in [3.8, 4) is 11.5 Å². The first kappa shape index (κ1) is 21.1. The Bertz CT molecular complexity index is 1160. The van der Waals surface area contributed by atoms with E-state index in [1.165, 1.54) is 17.3 Å². The third-order valence-electron chi connectivity index (χ3n) is 5.04. The van der Waals surface area contributed by atoms with E-state index in [-0.39, 0.29) is 11.7 Å². The Kier molecular flexibility index (Phi) is 6.16. The molecule has 4 rings (SSSR count). The molecule has 1 aliphatic heterocycles. The van der Waals surface area contributed by atoms with Crippen molar-refractivity contribution in [2.24, 2.45) is 5.10 Å². The molecule has 0 atom stereocenters. The smallest absolute Gasteiger partial charge is 0.294 e. The number of aromatic nitrogens is 1. The largest absolute Gasteiger partial charge is 0.493 e. The molecule has 0 bridgehead atoms. The fourth-order valence-electron chi connectivity index (χ4n) is 3.44. The molecule has 2 amide bonds. The topological polar surface area (TPSA) is 106 Å². The zero-order valence-electron chi connectivity index (χ0n) is 17.7. The van der Waals surface area contributed by atoms with Crippen LogP contribution in [0, 0.1) is 0 Å². The van der Waals surface area contributed by atoms with Crippen molar-refractivity contribution in [2.75, 3.05) is 26.1 Å². The van der Waals surface area contributed by atoms with Crippen LogP contribution in [0.15, 0.2) is 64.4 Å². The van der Waals surface area contributed by atoms with Crippen LogP contribution in [0.1, 0.15) is 39.3 Å². The number of amides is 2. The van der Waals surface area contributed by atoms with Crippen LogP contribution in [0.2, 0.25) is 0 Å². The maximum Gasteiger partial charge on any atom is 0.294 e. The average molecular weight is 434 g/mol. The van der Waals surface area contributed by atoms with E-state index in [9.17, 15) is 9.59 Å². The number of carbonyl (C=O) groups is 2. The standard InChI is InChI=1S/C23H22N4O5/c1-30-19-10-9-15(14-21(19)31-2)17-8-5-13-27(26-17)23(29)16-6-3-4-7-18(16)25-22(28)20-11-12-24-32-20/h3-4,6-7,9-12,14H,5,8,13H2,1-2H3,(H,25,28). The van der Waals surface area contributed by atoms with Crippen molar-refractivity contribution in [2.45, 2.75) is 12.8 Å². The van der Waals surface area contributed by atoms with E-state index in [4.69, 9.17) is 14.0 Å². The first-order valence-corrected chi connectivity index (χ1v) is 10.0. The van der Waals surface area contributed by atoms with Crippen molar-refractivity contribution >= 4 is 23.2 Å². The molecule has 2 heterocycles. The van der Waals surface area contributed by atoms with E-state index in [0.29, 0.717) is 29.3 Å². The number of ether oxygens (including phenoxy) is 2. The number of methoxy groups -OCH3 is 2. The van der Waals surface area contributed by atoms with Crippen molar-refractivity contribution in [1.82, 2.24) is 10.2 Å². The molecule has 1 N–H and O–H groups in total. The Labute approximate surface area is 184 Å². The van der Waals surface area contributed by atoms with Gasteiger partial charge in [-0.1, -0.05) is 17.3 Å². The first-order valence-electron chi connectivity index (χ1n) is 10.0. The number of benzene rings is 2. The van der Waals surface area contributed by atoms with Crippen molar-refractivity contribution in [3.05, 3.63) is 71.6 Å². The summed E-state index contributed by atoms with van der Waals surface area (Å²) in [7, 11) is 3.15. The molecule has 1 aromatic heterocycles. The van der Waals surface area contributed by atoms with Gasteiger partial charge in [-0.2, -0.15) is 5.10 Å². The molecule has 32 heavy (non-hydrogen) atoms. The minimum atomic E-state index is -0.490. The van der Waals surface area contributed by atoms with Gasteiger partial charge in [0.1, 0.15) is 0 Å². The summed E-state index contributed by atoms with van der Waals surface area (Å²) >= 11 is 0.